The molecule has 0 fully saturated rings. The molecule has 0 amide bonds. The zero-order valence-electron chi connectivity index (χ0n) is 17.2. The van der Waals surface area contributed by atoms with Gasteiger partial charge in [-0.05, 0) is 56.6 Å². The predicted molar refractivity (Wildman–Crippen MR) is 134 cm³/mol. The summed E-state index contributed by atoms with van der Waals surface area (Å²) in [6.45, 7) is 0. The minimum atomic E-state index is 0.787. The van der Waals surface area contributed by atoms with Crippen LogP contribution in [-0.4, -0.2) is 4.98 Å². The van der Waals surface area contributed by atoms with E-state index < -0.39 is 0 Å². The molecule has 0 spiro atoms. The third-order valence-corrected chi connectivity index (χ3v) is 6.25. The van der Waals surface area contributed by atoms with Crippen molar-refractivity contribution in [2.75, 3.05) is 5.32 Å². The Morgan fingerprint density at radius 3 is 2.16 bits per heavy atom. The van der Waals surface area contributed by atoms with E-state index in [-0.39, 0.29) is 0 Å². The average Bonchev–Trinajstić information content (AvgIpc) is 3.21. The van der Waals surface area contributed by atoms with Crippen LogP contribution in [0.15, 0.2) is 108 Å². The van der Waals surface area contributed by atoms with Crippen LogP contribution in [0.2, 0.25) is 0 Å². The van der Waals surface area contributed by atoms with Crippen LogP contribution in [-0.2, 0) is 0 Å². The average molecular weight is 410 g/mol. The first-order valence-electron chi connectivity index (χ1n) is 10.7. The number of fused-ring (bicyclic) bond motifs is 8. The van der Waals surface area contributed by atoms with Gasteiger partial charge in [0, 0.05) is 17.1 Å². The third-order valence-electron chi connectivity index (χ3n) is 6.25. The summed E-state index contributed by atoms with van der Waals surface area (Å²) in [5.41, 5.74) is 4.47. The fourth-order valence-corrected chi connectivity index (χ4v) is 4.74. The van der Waals surface area contributed by atoms with Crippen LogP contribution in [0.3, 0.4) is 0 Å². The highest BCUT2D eigenvalue weighted by Crippen LogP contribution is 2.34. The molecule has 0 radical (unpaired) electrons. The number of pyridine rings is 1. The van der Waals surface area contributed by atoms with Crippen molar-refractivity contribution in [3.8, 4) is 0 Å². The second kappa shape index (κ2) is 6.56. The van der Waals surface area contributed by atoms with Crippen molar-refractivity contribution in [2.24, 2.45) is 0 Å². The van der Waals surface area contributed by atoms with Crippen LogP contribution < -0.4 is 5.32 Å². The van der Waals surface area contributed by atoms with E-state index in [1.54, 1.807) is 0 Å². The Morgan fingerprint density at radius 2 is 1.25 bits per heavy atom. The van der Waals surface area contributed by atoms with Gasteiger partial charge in [-0.15, -0.1) is 0 Å². The van der Waals surface area contributed by atoms with Gasteiger partial charge in [-0.1, -0.05) is 66.7 Å². The summed E-state index contributed by atoms with van der Waals surface area (Å²) in [6, 6.07) is 33.9. The number of furan rings is 1. The molecule has 0 bridgehead atoms. The van der Waals surface area contributed by atoms with Gasteiger partial charge in [0.2, 0.25) is 0 Å². The number of anilines is 2. The van der Waals surface area contributed by atoms with Gasteiger partial charge in [0.1, 0.15) is 11.1 Å². The maximum Gasteiger partial charge on any atom is 0.155 e. The van der Waals surface area contributed by atoms with E-state index in [0.29, 0.717) is 0 Å². The summed E-state index contributed by atoms with van der Waals surface area (Å²) in [5, 5.41) is 12.1. The fourth-order valence-electron chi connectivity index (χ4n) is 4.74. The normalized spacial score (nSPS) is 11.8. The molecule has 3 heteroatoms. The van der Waals surface area contributed by atoms with E-state index in [9.17, 15) is 0 Å². The van der Waals surface area contributed by atoms with Crippen molar-refractivity contribution in [3.05, 3.63) is 103 Å². The molecule has 7 aromatic rings. The standard InChI is InChI=1S/C29H18N2O/c1-2-6-22-18(5-1)9-12-25-23-14-11-20(15-19(23)10-13-24(22)25)31-21-16-28-29(30-17-21)26-7-3-4-8-27(26)32-28/h1-17,31H. The molecule has 0 saturated carbocycles. The first kappa shape index (κ1) is 17.3. The summed E-state index contributed by atoms with van der Waals surface area (Å²) >= 11 is 0. The molecule has 0 aliphatic rings. The number of aromatic nitrogens is 1. The highest BCUT2D eigenvalue weighted by atomic mass is 16.3. The third kappa shape index (κ3) is 2.58. The Labute approximate surface area is 183 Å². The van der Waals surface area contributed by atoms with E-state index in [4.69, 9.17) is 4.42 Å². The van der Waals surface area contributed by atoms with Crippen LogP contribution in [0.5, 0.6) is 0 Å². The minimum Gasteiger partial charge on any atom is -0.454 e. The molecule has 0 unspecified atom stereocenters. The number of nitrogens with one attached hydrogen (secondary N) is 1. The monoisotopic (exact) mass is 410 g/mol. The summed E-state index contributed by atoms with van der Waals surface area (Å²) < 4.78 is 5.98. The molecule has 0 aliphatic heterocycles. The number of benzene rings is 5. The summed E-state index contributed by atoms with van der Waals surface area (Å²) in [7, 11) is 0. The summed E-state index contributed by atoms with van der Waals surface area (Å²) in [6.07, 6.45) is 1.86. The SMILES string of the molecule is c1ccc2c(c1)ccc1c3ccc(Nc4cnc5c(c4)oc4ccccc45)cc3ccc21. The molecular formula is C29H18N2O. The lowest BCUT2D eigenvalue weighted by atomic mass is 9.97. The van der Waals surface area contributed by atoms with E-state index in [1.165, 1.54) is 32.3 Å². The number of hydrogen-bond donors (Lipinski definition) is 1. The highest BCUT2D eigenvalue weighted by Gasteiger charge is 2.09. The van der Waals surface area contributed by atoms with Gasteiger partial charge in [-0.25, -0.2) is 0 Å². The highest BCUT2D eigenvalue weighted by molar-refractivity contribution is 6.17. The molecule has 1 N–H and O–H groups in total. The van der Waals surface area contributed by atoms with E-state index in [1.807, 2.05) is 36.5 Å². The zero-order chi connectivity index (χ0) is 21.1. The van der Waals surface area contributed by atoms with Crippen LogP contribution in [0.4, 0.5) is 11.4 Å². The quantitative estimate of drug-likeness (QED) is 0.292. The molecule has 7 rings (SSSR count). The number of para-hydroxylation sites is 1. The molecular weight excluding hydrogens is 392 g/mol. The molecule has 2 aromatic heterocycles. The fraction of sp³-hybridized carbons (Fsp3) is 0. The van der Waals surface area contributed by atoms with Crippen molar-refractivity contribution in [1.29, 1.82) is 0 Å². The van der Waals surface area contributed by atoms with Gasteiger partial charge < -0.3 is 9.73 Å². The zero-order valence-corrected chi connectivity index (χ0v) is 17.2. The smallest absolute Gasteiger partial charge is 0.155 e. The van der Waals surface area contributed by atoms with Crippen molar-refractivity contribution in [3.63, 3.8) is 0 Å². The molecule has 32 heavy (non-hydrogen) atoms. The Hall–Kier alpha value is -4.37. The lowest BCUT2D eigenvalue weighted by Gasteiger charge is -2.10. The van der Waals surface area contributed by atoms with Gasteiger partial charge in [0.05, 0.1) is 11.9 Å². The van der Waals surface area contributed by atoms with Crippen LogP contribution in [0.1, 0.15) is 0 Å². The first-order valence-corrected chi connectivity index (χ1v) is 10.7. The first-order chi connectivity index (χ1) is 15.8. The molecule has 0 aliphatic carbocycles. The van der Waals surface area contributed by atoms with Crippen LogP contribution in [0.25, 0.3) is 54.4 Å². The van der Waals surface area contributed by atoms with Gasteiger partial charge in [0.15, 0.2) is 5.58 Å². The molecule has 0 atom stereocenters. The van der Waals surface area contributed by atoms with Crippen molar-refractivity contribution >= 4 is 65.8 Å². The topological polar surface area (TPSA) is 38.1 Å². The Bertz CT molecular complexity index is 1810. The Kier molecular flexibility index (Phi) is 3.55. The second-order valence-electron chi connectivity index (χ2n) is 8.18. The number of hydrogen-bond acceptors (Lipinski definition) is 3. The van der Waals surface area contributed by atoms with E-state index in [0.717, 1.165) is 33.4 Å². The van der Waals surface area contributed by atoms with Gasteiger partial charge in [0.25, 0.3) is 0 Å². The number of rotatable bonds is 2. The Morgan fingerprint density at radius 1 is 0.531 bits per heavy atom. The number of nitrogens with zero attached hydrogens (tertiary/aromatic N) is 1. The maximum absolute atomic E-state index is 5.98. The lowest BCUT2D eigenvalue weighted by molar-refractivity contribution is 0.668. The van der Waals surface area contributed by atoms with Gasteiger partial charge >= 0.3 is 0 Å². The van der Waals surface area contributed by atoms with Crippen molar-refractivity contribution in [1.82, 2.24) is 4.98 Å². The predicted octanol–water partition coefficient (Wildman–Crippen LogP) is 8.18. The molecule has 150 valence electrons. The summed E-state index contributed by atoms with van der Waals surface area (Å²) in [5.74, 6) is 0. The molecule has 2 heterocycles. The Balaban J connectivity index is 1.31. The van der Waals surface area contributed by atoms with Crippen molar-refractivity contribution in [2.45, 2.75) is 0 Å². The van der Waals surface area contributed by atoms with Crippen LogP contribution >= 0.6 is 0 Å². The largest absolute Gasteiger partial charge is 0.454 e. The summed E-state index contributed by atoms with van der Waals surface area (Å²) in [4.78, 5) is 4.64. The van der Waals surface area contributed by atoms with E-state index in [2.05, 4.69) is 77.0 Å². The van der Waals surface area contributed by atoms with Gasteiger partial charge in [-0.2, -0.15) is 0 Å². The minimum absolute atomic E-state index is 0.787. The van der Waals surface area contributed by atoms with Gasteiger partial charge in [-0.3, -0.25) is 4.98 Å². The van der Waals surface area contributed by atoms with Crippen molar-refractivity contribution < 1.29 is 4.42 Å². The second-order valence-corrected chi connectivity index (χ2v) is 8.18. The molecule has 0 saturated heterocycles. The lowest BCUT2D eigenvalue weighted by Crippen LogP contribution is -1.91. The van der Waals surface area contributed by atoms with Crippen LogP contribution in [0, 0.1) is 0 Å². The molecule has 5 aromatic carbocycles. The molecule has 3 nitrogen and oxygen atoms in total. The maximum atomic E-state index is 5.98. The van der Waals surface area contributed by atoms with E-state index >= 15 is 0 Å².